The number of methoxy groups -OCH3 is 3. The van der Waals surface area contributed by atoms with Crippen LogP contribution in [0.3, 0.4) is 0 Å². The predicted molar refractivity (Wildman–Crippen MR) is 65.0 cm³/mol. The zero-order valence-electron chi connectivity index (χ0n) is 10.3. The highest BCUT2D eigenvalue weighted by molar-refractivity contribution is 6.33. The molecule has 0 fully saturated rings. The Balaban J connectivity index is 3.25. The van der Waals surface area contributed by atoms with E-state index in [0.29, 0.717) is 28.8 Å². The summed E-state index contributed by atoms with van der Waals surface area (Å²) in [7, 11) is 6.17. The van der Waals surface area contributed by atoms with Crippen LogP contribution in [0.25, 0.3) is 0 Å². The van der Waals surface area contributed by atoms with E-state index in [-0.39, 0.29) is 0 Å². The molecule has 1 aromatic carbocycles. The number of hydrogen-bond donors (Lipinski definition) is 1. The summed E-state index contributed by atoms with van der Waals surface area (Å²) < 4.78 is 15.6. The lowest BCUT2D eigenvalue weighted by Gasteiger charge is -2.16. The topological polar surface area (TPSA) is 49.0 Å². The van der Waals surface area contributed by atoms with E-state index in [9.17, 15) is 0 Å². The van der Waals surface area contributed by atoms with Crippen LogP contribution in [-0.4, -0.2) is 28.4 Å². The zero-order chi connectivity index (χ0) is 12.8. The third-order valence-corrected chi connectivity index (χ3v) is 2.68. The molecule has 0 heterocycles. The molecule has 96 valence electrons. The first-order chi connectivity index (χ1) is 8.19. The van der Waals surface area contributed by atoms with Gasteiger partial charge >= 0.3 is 0 Å². The van der Waals surface area contributed by atoms with E-state index in [0.717, 1.165) is 5.56 Å². The number of ether oxygens (including phenoxy) is 3. The third-order valence-electron chi connectivity index (χ3n) is 2.28. The van der Waals surface area contributed by atoms with Gasteiger partial charge in [-0.1, -0.05) is 11.6 Å². The number of hydrogen-bond acceptors (Lipinski definition) is 5. The predicted octanol–water partition coefficient (Wildman–Crippen LogP) is 2.02. The second-order valence-corrected chi connectivity index (χ2v) is 3.51. The van der Waals surface area contributed by atoms with Gasteiger partial charge in [0.1, 0.15) is 5.75 Å². The van der Waals surface area contributed by atoms with Gasteiger partial charge in [0, 0.05) is 11.6 Å². The summed E-state index contributed by atoms with van der Waals surface area (Å²) in [6.07, 6.45) is 0. The molecule has 0 amide bonds. The average Bonchev–Trinajstić information content (AvgIpc) is 2.36. The molecule has 1 N–H and O–H groups in total. The van der Waals surface area contributed by atoms with Crippen molar-refractivity contribution in [3.63, 3.8) is 0 Å². The largest absolute Gasteiger partial charge is 0.496 e. The highest BCUT2D eigenvalue weighted by Crippen LogP contribution is 2.42. The van der Waals surface area contributed by atoms with E-state index in [2.05, 4.69) is 5.48 Å². The van der Waals surface area contributed by atoms with Gasteiger partial charge < -0.3 is 19.0 Å². The Kier molecular flexibility index (Phi) is 5.34. The molecule has 1 rings (SSSR count). The van der Waals surface area contributed by atoms with Gasteiger partial charge in [0.25, 0.3) is 0 Å². The number of benzene rings is 1. The van der Waals surface area contributed by atoms with Crippen LogP contribution in [0.5, 0.6) is 17.2 Å². The summed E-state index contributed by atoms with van der Waals surface area (Å²) in [6.45, 7) is 0.402. The van der Waals surface area contributed by atoms with Crippen molar-refractivity contribution in [3.05, 3.63) is 16.7 Å². The fraction of sp³-hybridized carbons (Fsp3) is 0.455. The van der Waals surface area contributed by atoms with Gasteiger partial charge in [0.2, 0.25) is 0 Å². The molecule has 0 aliphatic carbocycles. The van der Waals surface area contributed by atoms with Gasteiger partial charge in [0.05, 0.1) is 40.0 Å². The molecule has 0 atom stereocenters. The summed E-state index contributed by atoms with van der Waals surface area (Å²) in [5.74, 6) is 1.61. The van der Waals surface area contributed by atoms with E-state index in [4.69, 9.17) is 30.6 Å². The number of nitrogens with one attached hydrogen (secondary N) is 1. The van der Waals surface area contributed by atoms with Crippen LogP contribution in [0.15, 0.2) is 6.07 Å². The van der Waals surface area contributed by atoms with E-state index < -0.39 is 0 Å². The fourth-order valence-electron chi connectivity index (χ4n) is 1.46. The average molecular weight is 262 g/mol. The van der Waals surface area contributed by atoms with E-state index in [1.165, 1.54) is 14.2 Å². The highest BCUT2D eigenvalue weighted by Gasteiger charge is 2.18. The van der Waals surface area contributed by atoms with Gasteiger partial charge in [-0.25, -0.2) is 0 Å². The van der Waals surface area contributed by atoms with Crippen molar-refractivity contribution in [1.82, 2.24) is 5.48 Å². The first-order valence-corrected chi connectivity index (χ1v) is 5.30. The Labute approximate surface area is 106 Å². The number of halogens is 1. The minimum absolute atomic E-state index is 0.402. The Morgan fingerprint density at radius 3 is 2.18 bits per heavy atom. The molecule has 5 nitrogen and oxygen atoms in total. The molecule has 0 aliphatic heterocycles. The molecule has 0 aliphatic rings. The first-order valence-electron chi connectivity index (χ1n) is 4.92. The van der Waals surface area contributed by atoms with E-state index >= 15 is 0 Å². The molecule has 6 heteroatoms. The van der Waals surface area contributed by atoms with Crippen molar-refractivity contribution in [2.45, 2.75) is 6.54 Å². The lowest BCUT2D eigenvalue weighted by atomic mass is 10.1. The van der Waals surface area contributed by atoms with Crippen molar-refractivity contribution < 1.29 is 19.0 Å². The smallest absolute Gasteiger partial charge is 0.179 e. The SMILES string of the molecule is CONCc1c(OC)cc(OC)c(OC)c1Cl. The minimum atomic E-state index is 0.402. The van der Waals surface area contributed by atoms with Gasteiger partial charge in [-0.2, -0.15) is 5.48 Å². The van der Waals surface area contributed by atoms with E-state index in [1.807, 2.05) is 0 Å². The van der Waals surface area contributed by atoms with Crippen LogP contribution in [0.4, 0.5) is 0 Å². The molecule has 0 spiro atoms. The quantitative estimate of drug-likeness (QED) is 0.794. The summed E-state index contributed by atoms with van der Waals surface area (Å²) >= 11 is 6.23. The summed E-state index contributed by atoms with van der Waals surface area (Å²) in [4.78, 5) is 4.79. The van der Waals surface area contributed by atoms with Gasteiger partial charge in [-0.05, 0) is 0 Å². The van der Waals surface area contributed by atoms with Crippen LogP contribution >= 0.6 is 11.6 Å². The zero-order valence-corrected chi connectivity index (χ0v) is 11.1. The molecular weight excluding hydrogens is 246 g/mol. The molecule has 0 saturated heterocycles. The Morgan fingerprint density at radius 1 is 1.06 bits per heavy atom. The number of hydroxylamine groups is 1. The molecule has 17 heavy (non-hydrogen) atoms. The molecule has 0 bridgehead atoms. The normalized spacial score (nSPS) is 10.2. The van der Waals surface area contributed by atoms with Crippen molar-refractivity contribution in [2.75, 3.05) is 28.4 Å². The second-order valence-electron chi connectivity index (χ2n) is 3.13. The van der Waals surface area contributed by atoms with Crippen molar-refractivity contribution in [1.29, 1.82) is 0 Å². The summed E-state index contributed by atoms with van der Waals surface area (Å²) in [6, 6.07) is 1.72. The van der Waals surface area contributed by atoms with Crippen LogP contribution in [0.2, 0.25) is 5.02 Å². The Hall–Kier alpha value is -1.17. The summed E-state index contributed by atoms with van der Waals surface area (Å²) in [5.41, 5.74) is 3.45. The maximum absolute atomic E-state index is 6.23. The van der Waals surface area contributed by atoms with Crippen LogP contribution in [-0.2, 0) is 11.4 Å². The second kappa shape index (κ2) is 6.54. The van der Waals surface area contributed by atoms with Crippen LogP contribution < -0.4 is 19.7 Å². The lowest BCUT2D eigenvalue weighted by molar-refractivity contribution is 0.0861. The van der Waals surface area contributed by atoms with Crippen LogP contribution in [0.1, 0.15) is 5.56 Å². The summed E-state index contributed by atoms with van der Waals surface area (Å²) in [5, 5.41) is 0.438. The first kappa shape index (κ1) is 13.9. The number of rotatable bonds is 6. The highest BCUT2D eigenvalue weighted by atomic mass is 35.5. The van der Waals surface area contributed by atoms with Gasteiger partial charge in [0.15, 0.2) is 11.5 Å². The Morgan fingerprint density at radius 2 is 1.71 bits per heavy atom. The molecule has 0 radical (unpaired) electrons. The maximum atomic E-state index is 6.23. The minimum Gasteiger partial charge on any atom is -0.496 e. The third kappa shape index (κ3) is 2.94. The lowest BCUT2D eigenvalue weighted by Crippen LogP contribution is -2.12. The molecule has 0 aromatic heterocycles. The fourth-order valence-corrected chi connectivity index (χ4v) is 1.79. The van der Waals surface area contributed by atoms with Crippen molar-refractivity contribution in [2.24, 2.45) is 0 Å². The standard InChI is InChI=1S/C11H16ClNO4/c1-14-8-5-9(15-2)11(16-3)10(12)7(8)6-13-17-4/h5,13H,6H2,1-4H3. The maximum Gasteiger partial charge on any atom is 0.179 e. The molecular formula is C11H16ClNO4. The molecule has 0 unspecified atom stereocenters. The molecule has 0 saturated carbocycles. The van der Waals surface area contributed by atoms with Gasteiger partial charge in [-0.15, -0.1) is 0 Å². The Bertz CT molecular complexity index is 384. The van der Waals surface area contributed by atoms with E-state index in [1.54, 1.807) is 20.3 Å². The van der Waals surface area contributed by atoms with Gasteiger partial charge in [-0.3, -0.25) is 0 Å². The monoisotopic (exact) mass is 261 g/mol. The van der Waals surface area contributed by atoms with Crippen LogP contribution in [0, 0.1) is 0 Å². The molecule has 1 aromatic rings. The van der Waals surface area contributed by atoms with Crippen molar-refractivity contribution in [3.8, 4) is 17.2 Å². The van der Waals surface area contributed by atoms with Crippen molar-refractivity contribution >= 4 is 11.6 Å².